The first-order valence-electron chi connectivity index (χ1n) is 7.93. The lowest BCUT2D eigenvalue weighted by molar-refractivity contribution is -0.124. The number of halogens is 1. The van der Waals surface area contributed by atoms with Crippen LogP contribution in [0.5, 0.6) is 5.88 Å². The average Bonchev–Trinajstić information content (AvgIpc) is 3.01. The van der Waals surface area contributed by atoms with Crippen LogP contribution in [0.3, 0.4) is 0 Å². The molecule has 0 saturated carbocycles. The Morgan fingerprint density at radius 3 is 2.88 bits per heavy atom. The Kier molecular flexibility index (Phi) is 4.87. The lowest BCUT2D eigenvalue weighted by Crippen LogP contribution is -2.31. The van der Waals surface area contributed by atoms with E-state index in [1.165, 1.54) is 16.6 Å². The summed E-state index contributed by atoms with van der Waals surface area (Å²) in [6.45, 7) is 4.32. The van der Waals surface area contributed by atoms with Crippen LogP contribution in [0.15, 0.2) is 36.4 Å². The molecular weight excluding hydrogens is 325 g/mol. The minimum atomic E-state index is -0.359. The summed E-state index contributed by atoms with van der Waals surface area (Å²) < 4.78 is 20.5. The van der Waals surface area contributed by atoms with Gasteiger partial charge in [0.1, 0.15) is 12.4 Å². The molecule has 25 heavy (non-hydrogen) atoms. The molecule has 0 atom stereocenters. The van der Waals surface area contributed by atoms with Crippen molar-refractivity contribution in [2.75, 3.05) is 13.2 Å². The van der Waals surface area contributed by atoms with Crippen molar-refractivity contribution in [3.05, 3.63) is 42.2 Å². The molecule has 0 saturated heterocycles. The van der Waals surface area contributed by atoms with Gasteiger partial charge in [-0.05, 0) is 18.2 Å². The maximum absolute atomic E-state index is 13.4. The number of carbonyl (C=O) groups excluding carboxylic acids is 1. The van der Waals surface area contributed by atoms with Crippen molar-refractivity contribution < 1.29 is 13.9 Å². The van der Waals surface area contributed by atoms with Gasteiger partial charge in [0, 0.05) is 17.5 Å². The van der Waals surface area contributed by atoms with E-state index >= 15 is 0 Å². The van der Waals surface area contributed by atoms with Crippen molar-refractivity contribution in [1.29, 1.82) is 0 Å². The number of nitrogens with one attached hydrogen (secondary N) is 1. The zero-order valence-corrected chi connectivity index (χ0v) is 13.9. The maximum atomic E-state index is 13.4. The summed E-state index contributed by atoms with van der Waals surface area (Å²) in [4.78, 5) is 11.5. The van der Waals surface area contributed by atoms with Crippen LogP contribution in [0.2, 0.25) is 0 Å². The monoisotopic (exact) mass is 343 g/mol. The van der Waals surface area contributed by atoms with Crippen molar-refractivity contribution in [2.45, 2.75) is 13.8 Å². The number of aromatic nitrogens is 4. The van der Waals surface area contributed by atoms with Gasteiger partial charge in [-0.25, -0.2) is 4.39 Å². The highest BCUT2D eigenvalue weighted by molar-refractivity contribution is 5.77. The Labute approximate surface area is 143 Å². The summed E-state index contributed by atoms with van der Waals surface area (Å²) in [5.41, 5.74) is 1.10. The molecule has 2 aromatic heterocycles. The summed E-state index contributed by atoms with van der Waals surface area (Å²) in [5.74, 6) is 0.332. The largest absolute Gasteiger partial charge is 0.475 e. The van der Waals surface area contributed by atoms with Gasteiger partial charge in [-0.3, -0.25) is 4.79 Å². The lowest BCUT2D eigenvalue weighted by atomic mass is 10.2. The van der Waals surface area contributed by atoms with E-state index in [4.69, 9.17) is 4.74 Å². The van der Waals surface area contributed by atoms with Gasteiger partial charge in [0.2, 0.25) is 11.8 Å². The van der Waals surface area contributed by atoms with Crippen LogP contribution in [0.1, 0.15) is 13.8 Å². The standard InChI is InChI=1S/C17H18FN5O2/c1-11(2)17(24)19-8-9-25-15-7-6-14-20-21-16(23(14)22-15)12-4-3-5-13(18)10-12/h3-7,10-11H,8-9H2,1-2H3,(H,19,24). The molecule has 7 nitrogen and oxygen atoms in total. The van der Waals surface area contributed by atoms with E-state index in [1.54, 1.807) is 24.3 Å². The van der Waals surface area contributed by atoms with Gasteiger partial charge in [0.05, 0.1) is 6.54 Å². The van der Waals surface area contributed by atoms with Gasteiger partial charge in [-0.2, -0.15) is 4.52 Å². The van der Waals surface area contributed by atoms with Crippen LogP contribution in [0, 0.1) is 11.7 Å². The molecule has 1 amide bonds. The zero-order valence-electron chi connectivity index (χ0n) is 13.9. The number of fused-ring (bicyclic) bond motifs is 1. The van der Waals surface area contributed by atoms with Crippen LogP contribution in [-0.2, 0) is 4.79 Å². The van der Waals surface area contributed by atoms with Gasteiger partial charge < -0.3 is 10.1 Å². The van der Waals surface area contributed by atoms with Crippen molar-refractivity contribution in [2.24, 2.45) is 5.92 Å². The van der Waals surface area contributed by atoms with Gasteiger partial charge in [0.15, 0.2) is 11.5 Å². The first-order valence-corrected chi connectivity index (χ1v) is 7.93. The summed E-state index contributed by atoms with van der Waals surface area (Å²) >= 11 is 0. The first-order chi connectivity index (χ1) is 12.0. The van der Waals surface area contributed by atoms with Crippen LogP contribution in [-0.4, -0.2) is 38.9 Å². The molecule has 130 valence electrons. The number of amides is 1. The predicted octanol–water partition coefficient (Wildman–Crippen LogP) is 2.08. The fraction of sp³-hybridized carbons (Fsp3) is 0.294. The smallest absolute Gasteiger partial charge is 0.231 e. The normalized spacial score (nSPS) is 11.0. The highest BCUT2D eigenvalue weighted by atomic mass is 19.1. The molecule has 0 radical (unpaired) electrons. The Hall–Kier alpha value is -3.03. The number of rotatable bonds is 6. The Bertz CT molecular complexity index is 894. The van der Waals surface area contributed by atoms with E-state index in [-0.39, 0.29) is 24.2 Å². The third-order valence-electron chi connectivity index (χ3n) is 3.50. The molecule has 3 rings (SSSR count). The zero-order chi connectivity index (χ0) is 17.8. The van der Waals surface area contributed by atoms with Crippen molar-refractivity contribution in [1.82, 2.24) is 25.1 Å². The SMILES string of the molecule is CC(C)C(=O)NCCOc1ccc2nnc(-c3cccc(F)c3)n2n1. The highest BCUT2D eigenvalue weighted by Gasteiger charge is 2.11. The van der Waals surface area contributed by atoms with Gasteiger partial charge >= 0.3 is 0 Å². The third-order valence-corrected chi connectivity index (χ3v) is 3.50. The fourth-order valence-corrected chi connectivity index (χ4v) is 2.19. The molecule has 0 aliphatic heterocycles. The number of hydrogen-bond donors (Lipinski definition) is 1. The van der Waals surface area contributed by atoms with Gasteiger partial charge in [-0.1, -0.05) is 26.0 Å². The molecular formula is C17H18FN5O2. The Balaban J connectivity index is 1.73. The molecule has 0 fully saturated rings. The van der Waals surface area contributed by atoms with Crippen LogP contribution in [0.25, 0.3) is 17.0 Å². The first kappa shape index (κ1) is 16.8. The molecule has 0 unspecified atom stereocenters. The van der Waals surface area contributed by atoms with Gasteiger partial charge in [0.25, 0.3) is 0 Å². The fourth-order valence-electron chi connectivity index (χ4n) is 2.19. The topological polar surface area (TPSA) is 81.4 Å². The second kappa shape index (κ2) is 7.25. The van der Waals surface area contributed by atoms with Crippen LogP contribution >= 0.6 is 0 Å². The molecule has 0 aliphatic rings. The number of hydrogen-bond acceptors (Lipinski definition) is 5. The summed E-state index contributed by atoms with van der Waals surface area (Å²) in [7, 11) is 0. The van der Waals surface area contributed by atoms with Gasteiger partial charge in [-0.15, -0.1) is 15.3 Å². The number of nitrogens with zero attached hydrogens (tertiary/aromatic N) is 4. The lowest BCUT2D eigenvalue weighted by Gasteiger charge is -2.09. The molecule has 0 bridgehead atoms. The van der Waals surface area contributed by atoms with Crippen molar-refractivity contribution in [3.8, 4) is 17.3 Å². The minimum absolute atomic E-state index is 0.0285. The number of carbonyl (C=O) groups is 1. The molecule has 8 heteroatoms. The van der Waals surface area contributed by atoms with Crippen molar-refractivity contribution >= 4 is 11.6 Å². The van der Waals surface area contributed by atoms with E-state index in [9.17, 15) is 9.18 Å². The maximum Gasteiger partial charge on any atom is 0.231 e. The van der Waals surface area contributed by atoms with Crippen LogP contribution < -0.4 is 10.1 Å². The second-order valence-corrected chi connectivity index (χ2v) is 5.77. The summed E-state index contributed by atoms with van der Waals surface area (Å²) in [6.07, 6.45) is 0. The Morgan fingerprint density at radius 1 is 1.28 bits per heavy atom. The number of ether oxygens (including phenoxy) is 1. The molecule has 2 heterocycles. The molecule has 0 spiro atoms. The predicted molar refractivity (Wildman–Crippen MR) is 89.5 cm³/mol. The quantitative estimate of drug-likeness (QED) is 0.693. The molecule has 1 aromatic carbocycles. The molecule has 1 N–H and O–H groups in total. The highest BCUT2D eigenvalue weighted by Crippen LogP contribution is 2.19. The summed E-state index contributed by atoms with van der Waals surface area (Å²) in [6, 6.07) is 9.45. The van der Waals surface area contributed by atoms with Crippen molar-refractivity contribution in [3.63, 3.8) is 0 Å². The average molecular weight is 343 g/mol. The van der Waals surface area contributed by atoms with E-state index in [0.717, 1.165) is 0 Å². The van der Waals surface area contributed by atoms with E-state index in [0.29, 0.717) is 29.5 Å². The van der Waals surface area contributed by atoms with Crippen LogP contribution in [0.4, 0.5) is 4.39 Å². The third kappa shape index (κ3) is 3.90. The van der Waals surface area contributed by atoms with E-state index in [1.807, 2.05) is 13.8 Å². The number of benzene rings is 1. The van der Waals surface area contributed by atoms with E-state index < -0.39 is 0 Å². The molecule has 3 aromatic rings. The minimum Gasteiger partial charge on any atom is -0.475 e. The van der Waals surface area contributed by atoms with E-state index in [2.05, 4.69) is 20.6 Å². The summed E-state index contributed by atoms with van der Waals surface area (Å²) in [5, 5.41) is 15.2. The Morgan fingerprint density at radius 2 is 2.12 bits per heavy atom. The molecule has 0 aliphatic carbocycles. The second-order valence-electron chi connectivity index (χ2n) is 5.77.